The third-order valence-electron chi connectivity index (χ3n) is 2.57. The molecule has 0 atom stereocenters. The van der Waals surface area contributed by atoms with Crippen LogP contribution in [0.25, 0.3) is 0 Å². The Balaban J connectivity index is 0.00000180. The number of nitrogens with one attached hydrogen (secondary N) is 1. The van der Waals surface area contributed by atoms with Crippen molar-refractivity contribution in [3.8, 4) is 0 Å². The molecule has 0 unspecified atom stereocenters. The van der Waals surface area contributed by atoms with Gasteiger partial charge in [0.25, 0.3) is 10.0 Å². The third-order valence-corrected chi connectivity index (χ3v) is 3.92. The summed E-state index contributed by atoms with van der Waals surface area (Å²) in [6.45, 7) is 3.46. The van der Waals surface area contributed by atoms with Crippen LogP contribution in [0.15, 0.2) is 33.7 Å². The Hall–Kier alpha value is -1.02. The van der Waals surface area contributed by atoms with Crippen molar-refractivity contribution >= 4 is 21.6 Å². The van der Waals surface area contributed by atoms with Gasteiger partial charge in [0.2, 0.25) is 5.88 Å². The zero-order valence-corrected chi connectivity index (χ0v) is 13.8. The molecule has 0 aliphatic carbocycles. The maximum atomic E-state index is 12.0. The van der Waals surface area contributed by atoms with Crippen LogP contribution in [0, 0.1) is 13.8 Å². The molecule has 0 aliphatic rings. The minimum Gasteiger partial charge on any atom is -0.399 e. The van der Waals surface area contributed by atoms with E-state index in [0.717, 1.165) is 0 Å². The number of hydrogen-bond acceptors (Lipinski definition) is 5. The molecule has 3 N–H and O–H groups in total. The van der Waals surface area contributed by atoms with Crippen LogP contribution in [0.1, 0.15) is 11.3 Å². The summed E-state index contributed by atoms with van der Waals surface area (Å²) in [4.78, 5) is 0.116. The van der Waals surface area contributed by atoms with Crippen LogP contribution >= 0.6 is 0 Å². The third kappa shape index (κ3) is 3.50. The van der Waals surface area contributed by atoms with Crippen LogP contribution in [-0.4, -0.2) is 13.6 Å². The van der Waals surface area contributed by atoms with Gasteiger partial charge in [-0.15, -0.1) is 0 Å². The van der Waals surface area contributed by atoms with Crippen LogP contribution in [0.3, 0.4) is 0 Å². The fraction of sp³-hybridized carbons (Fsp3) is 0.182. The molecule has 6 nitrogen and oxygen atoms in total. The summed E-state index contributed by atoms with van der Waals surface area (Å²) in [6, 6.07) is 5.90. The Kier molecular flexibility index (Phi) is 5.03. The Morgan fingerprint density at radius 2 is 1.79 bits per heavy atom. The molecule has 0 radical (unpaired) electrons. The van der Waals surface area contributed by atoms with Gasteiger partial charge in [-0.3, -0.25) is 0 Å². The van der Waals surface area contributed by atoms with Gasteiger partial charge in [-0.25, -0.2) is 13.1 Å². The average Bonchev–Trinajstić information content (AvgIpc) is 2.61. The molecule has 0 fully saturated rings. The van der Waals surface area contributed by atoms with Crippen molar-refractivity contribution < 1.29 is 42.5 Å². The second kappa shape index (κ2) is 5.96. The summed E-state index contributed by atoms with van der Waals surface area (Å²) in [5, 5.41) is 3.69. The van der Waals surface area contributed by atoms with Crippen molar-refractivity contribution in [3.05, 3.63) is 35.5 Å². The normalized spacial score (nSPS) is 10.8. The first-order valence-electron chi connectivity index (χ1n) is 5.21. The summed E-state index contributed by atoms with van der Waals surface area (Å²) in [6.07, 6.45) is 0. The minimum atomic E-state index is -3.68. The van der Waals surface area contributed by atoms with Gasteiger partial charge in [0, 0.05) is 11.3 Å². The van der Waals surface area contributed by atoms with Gasteiger partial charge in [0.05, 0.1) is 10.6 Å². The zero-order chi connectivity index (χ0) is 13.3. The second-order valence-electron chi connectivity index (χ2n) is 3.90. The van der Waals surface area contributed by atoms with E-state index in [4.69, 9.17) is 10.3 Å². The number of nitrogen functional groups attached to an aromatic ring is 1. The molecule has 0 saturated heterocycles. The number of anilines is 2. The molecular formula is C11H13N3NaO3S+. The summed E-state index contributed by atoms with van der Waals surface area (Å²) < 4.78 is 31.3. The molecule has 2 rings (SSSR count). The molecule has 0 bridgehead atoms. The van der Waals surface area contributed by atoms with Gasteiger partial charge in [-0.2, -0.15) is 0 Å². The van der Waals surface area contributed by atoms with E-state index in [0.29, 0.717) is 16.9 Å². The smallest absolute Gasteiger partial charge is 0.399 e. The van der Waals surface area contributed by atoms with E-state index in [9.17, 15) is 8.42 Å². The number of hydrogen-bond donors (Lipinski definition) is 2. The first-order valence-corrected chi connectivity index (χ1v) is 6.70. The van der Waals surface area contributed by atoms with Gasteiger partial charge in [0.1, 0.15) is 0 Å². The molecule has 96 valence electrons. The van der Waals surface area contributed by atoms with Crippen LogP contribution < -0.4 is 40.0 Å². The van der Waals surface area contributed by atoms with E-state index in [-0.39, 0.29) is 40.3 Å². The van der Waals surface area contributed by atoms with Crippen LogP contribution in [0.2, 0.25) is 0 Å². The summed E-state index contributed by atoms with van der Waals surface area (Å²) in [5.74, 6) is 0.129. The fourth-order valence-electron chi connectivity index (χ4n) is 1.34. The topological polar surface area (TPSA) is 98.2 Å². The van der Waals surface area contributed by atoms with Crippen LogP contribution in [0.5, 0.6) is 0 Å². The van der Waals surface area contributed by atoms with Crippen LogP contribution in [0.4, 0.5) is 11.6 Å². The number of rotatable bonds is 3. The summed E-state index contributed by atoms with van der Waals surface area (Å²) >= 11 is 0. The van der Waals surface area contributed by atoms with E-state index in [1.165, 1.54) is 24.3 Å². The van der Waals surface area contributed by atoms with Gasteiger partial charge in [0.15, 0.2) is 0 Å². The van der Waals surface area contributed by atoms with Crippen molar-refractivity contribution in [2.75, 3.05) is 10.5 Å². The molecule has 1 aromatic heterocycles. The predicted octanol–water partition coefficient (Wildman–Crippen LogP) is -1.32. The standard InChI is InChI=1S/C11H13N3O3S.Na/c1-7-8(2)13-17-11(7)14-18(15,16)10-5-3-9(12)4-6-10;/h3-6,14H,12H2,1-2H3;/q;+1. The van der Waals surface area contributed by atoms with Crippen molar-refractivity contribution in [1.82, 2.24) is 5.16 Å². The van der Waals surface area contributed by atoms with Crippen molar-refractivity contribution in [2.45, 2.75) is 18.7 Å². The average molecular weight is 290 g/mol. The largest absolute Gasteiger partial charge is 1.00 e. The number of aryl methyl sites for hydroxylation is 1. The van der Waals surface area contributed by atoms with E-state index >= 15 is 0 Å². The summed E-state index contributed by atoms with van der Waals surface area (Å²) in [5.41, 5.74) is 7.31. The van der Waals surface area contributed by atoms with Gasteiger partial charge >= 0.3 is 29.6 Å². The van der Waals surface area contributed by atoms with Crippen molar-refractivity contribution in [1.29, 1.82) is 0 Å². The molecular weight excluding hydrogens is 277 g/mol. The van der Waals surface area contributed by atoms with Gasteiger partial charge in [-0.1, -0.05) is 5.16 Å². The van der Waals surface area contributed by atoms with Crippen LogP contribution in [-0.2, 0) is 10.0 Å². The molecule has 2 aromatic rings. The van der Waals surface area contributed by atoms with E-state index in [1.807, 2.05) is 0 Å². The Labute approximate surface area is 133 Å². The number of benzene rings is 1. The zero-order valence-electron chi connectivity index (χ0n) is 11.0. The molecule has 19 heavy (non-hydrogen) atoms. The molecule has 1 aromatic carbocycles. The van der Waals surface area contributed by atoms with Crippen molar-refractivity contribution in [3.63, 3.8) is 0 Å². The first-order chi connectivity index (χ1) is 8.40. The molecule has 0 amide bonds. The molecule has 0 aliphatic heterocycles. The van der Waals surface area contributed by atoms with Gasteiger partial charge < -0.3 is 10.3 Å². The number of nitrogens with two attached hydrogens (primary N) is 1. The maximum Gasteiger partial charge on any atom is 1.00 e. The number of nitrogens with zero attached hydrogens (tertiary/aromatic N) is 1. The number of aromatic nitrogens is 1. The second-order valence-corrected chi connectivity index (χ2v) is 5.58. The summed E-state index contributed by atoms with van der Waals surface area (Å²) in [7, 11) is -3.68. The number of sulfonamides is 1. The van der Waals surface area contributed by atoms with Crippen molar-refractivity contribution in [2.24, 2.45) is 0 Å². The van der Waals surface area contributed by atoms with E-state index in [1.54, 1.807) is 13.8 Å². The Morgan fingerprint density at radius 1 is 1.21 bits per heavy atom. The molecule has 1 heterocycles. The van der Waals surface area contributed by atoms with E-state index < -0.39 is 10.0 Å². The van der Waals surface area contributed by atoms with E-state index in [2.05, 4.69) is 9.88 Å². The SMILES string of the molecule is Cc1noc(NS(=O)(=O)c2ccc(N)cc2)c1C.[Na+]. The first kappa shape index (κ1) is 16.0. The molecule has 0 saturated carbocycles. The monoisotopic (exact) mass is 290 g/mol. The quantitative estimate of drug-likeness (QED) is 0.539. The predicted molar refractivity (Wildman–Crippen MR) is 67.6 cm³/mol. The fourth-order valence-corrected chi connectivity index (χ4v) is 2.39. The van der Waals surface area contributed by atoms with Gasteiger partial charge in [-0.05, 0) is 38.1 Å². The maximum absolute atomic E-state index is 12.0. The molecule has 8 heteroatoms. The Bertz CT molecular complexity index is 665. The Morgan fingerprint density at radius 3 is 2.26 bits per heavy atom. The minimum absolute atomic E-state index is 0. The molecule has 0 spiro atoms.